The molecular weight excluding hydrogens is 334 g/mol. The summed E-state index contributed by atoms with van der Waals surface area (Å²) in [4.78, 5) is 20.8. The summed E-state index contributed by atoms with van der Waals surface area (Å²) >= 11 is 0. The van der Waals surface area contributed by atoms with E-state index in [1.54, 1.807) is 11.1 Å². The van der Waals surface area contributed by atoms with Crippen LogP contribution in [0.4, 0.5) is 5.69 Å². The van der Waals surface area contributed by atoms with E-state index in [0.717, 1.165) is 5.69 Å². The maximum atomic E-state index is 5.86. The zero-order valence-corrected chi connectivity index (χ0v) is 14.0. The zero-order chi connectivity index (χ0) is 18.5. The van der Waals surface area contributed by atoms with Crippen molar-refractivity contribution in [2.75, 3.05) is 11.9 Å². The Balaban J connectivity index is 1.74. The van der Waals surface area contributed by atoms with Crippen LogP contribution >= 0.6 is 0 Å². The molecule has 5 N–H and O–H groups in total. The number of aromatic nitrogens is 4. The fourth-order valence-corrected chi connectivity index (χ4v) is 2.02. The van der Waals surface area contributed by atoms with E-state index in [1.165, 1.54) is 6.33 Å². The number of amidine groups is 1. The van der Waals surface area contributed by atoms with Crippen molar-refractivity contribution in [3.63, 3.8) is 0 Å². The van der Waals surface area contributed by atoms with Gasteiger partial charge in [0.2, 0.25) is 11.8 Å². The third kappa shape index (κ3) is 3.75. The van der Waals surface area contributed by atoms with Crippen LogP contribution in [0.2, 0.25) is 0 Å². The molecular formula is C16H17N9O. The lowest BCUT2D eigenvalue weighted by molar-refractivity contribution is 0.427. The molecule has 0 saturated heterocycles. The van der Waals surface area contributed by atoms with Crippen molar-refractivity contribution in [3.05, 3.63) is 61.1 Å². The van der Waals surface area contributed by atoms with Gasteiger partial charge in [0.1, 0.15) is 11.5 Å². The summed E-state index contributed by atoms with van der Waals surface area (Å²) in [5.41, 5.74) is 13.1. The number of H-pyrrole nitrogens is 1. The molecule has 0 unspecified atom stereocenters. The molecule has 3 aromatic rings. The molecule has 26 heavy (non-hydrogen) atoms. The van der Waals surface area contributed by atoms with Crippen LogP contribution in [0.15, 0.2) is 69.8 Å². The summed E-state index contributed by atoms with van der Waals surface area (Å²) < 4.78 is 5.08. The standard InChI is InChI=1S/C16H17N9O/c1-10(25(2)11-6-4-3-5-7-11)21-16(18)22-13(17)14-23-15(26-24-14)12-8-19-9-20-12/h3-9H,1H2,2H3,(H,19,20)(H4,17,18,21,22). The maximum absolute atomic E-state index is 5.86. The van der Waals surface area contributed by atoms with E-state index in [2.05, 4.69) is 36.7 Å². The molecule has 1 aromatic carbocycles. The summed E-state index contributed by atoms with van der Waals surface area (Å²) in [7, 11) is 1.82. The monoisotopic (exact) mass is 351 g/mol. The normalized spacial score (nSPS) is 12.2. The molecule has 0 aliphatic rings. The number of para-hydroxylation sites is 1. The highest BCUT2D eigenvalue weighted by atomic mass is 16.5. The van der Waals surface area contributed by atoms with Crippen LogP contribution in [-0.2, 0) is 0 Å². The van der Waals surface area contributed by atoms with E-state index in [1.807, 2.05) is 37.4 Å². The highest BCUT2D eigenvalue weighted by molar-refractivity contribution is 6.02. The van der Waals surface area contributed by atoms with Crippen LogP contribution in [0.3, 0.4) is 0 Å². The second-order valence-electron chi connectivity index (χ2n) is 5.16. The number of guanidine groups is 1. The van der Waals surface area contributed by atoms with E-state index in [4.69, 9.17) is 16.0 Å². The van der Waals surface area contributed by atoms with Gasteiger partial charge in [0.25, 0.3) is 5.89 Å². The Morgan fingerprint density at radius 3 is 2.69 bits per heavy atom. The van der Waals surface area contributed by atoms with Crippen molar-refractivity contribution >= 4 is 17.5 Å². The molecule has 0 bridgehead atoms. The number of anilines is 1. The van der Waals surface area contributed by atoms with Crippen molar-refractivity contribution in [2.24, 2.45) is 21.5 Å². The van der Waals surface area contributed by atoms with Crippen LogP contribution < -0.4 is 16.4 Å². The summed E-state index contributed by atoms with van der Waals surface area (Å²) in [6.07, 6.45) is 3.11. The van der Waals surface area contributed by atoms with Crippen molar-refractivity contribution in [1.82, 2.24) is 20.1 Å². The minimum Gasteiger partial charge on any atom is -0.380 e. The Labute approximate surface area is 149 Å². The molecule has 0 aliphatic carbocycles. The molecule has 2 aromatic heterocycles. The Morgan fingerprint density at radius 1 is 1.23 bits per heavy atom. The average Bonchev–Trinajstić information content (AvgIpc) is 3.32. The lowest BCUT2D eigenvalue weighted by Crippen LogP contribution is -2.22. The van der Waals surface area contributed by atoms with Crippen molar-refractivity contribution in [3.8, 4) is 11.6 Å². The predicted octanol–water partition coefficient (Wildman–Crippen LogP) is 1.09. The number of hydrogen-bond acceptors (Lipinski definition) is 6. The number of hydrogen-bond donors (Lipinski definition) is 3. The Morgan fingerprint density at radius 2 is 2.00 bits per heavy atom. The van der Waals surface area contributed by atoms with Crippen molar-refractivity contribution in [2.45, 2.75) is 0 Å². The number of nitrogens with two attached hydrogens (primary N) is 2. The molecule has 132 valence electrons. The van der Waals surface area contributed by atoms with Gasteiger partial charge in [0.05, 0.1) is 6.33 Å². The Bertz CT molecular complexity index is 941. The molecule has 10 heteroatoms. The Hall–Kier alpha value is -3.95. The van der Waals surface area contributed by atoms with Gasteiger partial charge in [-0.25, -0.2) is 4.98 Å². The first-order valence-electron chi connectivity index (χ1n) is 7.54. The van der Waals surface area contributed by atoms with Gasteiger partial charge in [-0.15, -0.1) is 0 Å². The second kappa shape index (κ2) is 7.30. The van der Waals surface area contributed by atoms with E-state index >= 15 is 0 Å². The number of aliphatic imine (C=N–C) groups is 2. The van der Waals surface area contributed by atoms with E-state index in [0.29, 0.717) is 11.5 Å². The van der Waals surface area contributed by atoms with Gasteiger partial charge in [-0.2, -0.15) is 15.0 Å². The largest absolute Gasteiger partial charge is 0.380 e. The SMILES string of the molecule is C=C(/N=C(N)\N=C(/N)c1noc(-c2c[nH]cn2)n1)N(C)c1ccccc1. The quantitative estimate of drug-likeness (QED) is 0.460. The molecule has 3 rings (SSSR count). The minimum absolute atomic E-state index is 0.0352. The highest BCUT2D eigenvalue weighted by Gasteiger charge is 2.13. The van der Waals surface area contributed by atoms with Crippen molar-refractivity contribution < 1.29 is 4.52 Å². The first kappa shape index (κ1) is 16.9. The van der Waals surface area contributed by atoms with Crippen LogP contribution in [0.5, 0.6) is 0 Å². The van der Waals surface area contributed by atoms with Crippen LogP contribution in [-0.4, -0.2) is 39.0 Å². The molecule has 0 radical (unpaired) electrons. The van der Waals surface area contributed by atoms with E-state index in [-0.39, 0.29) is 23.5 Å². The second-order valence-corrected chi connectivity index (χ2v) is 5.16. The maximum Gasteiger partial charge on any atom is 0.278 e. The smallest absolute Gasteiger partial charge is 0.278 e. The van der Waals surface area contributed by atoms with Gasteiger partial charge >= 0.3 is 0 Å². The molecule has 0 saturated carbocycles. The number of imidazole rings is 1. The fraction of sp³-hybridized carbons (Fsp3) is 0.0625. The topological polar surface area (TPSA) is 148 Å². The third-order valence-corrected chi connectivity index (χ3v) is 3.38. The van der Waals surface area contributed by atoms with Gasteiger partial charge in [-0.05, 0) is 12.1 Å². The Kier molecular flexibility index (Phi) is 4.74. The van der Waals surface area contributed by atoms with E-state index < -0.39 is 0 Å². The molecule has 0 atom stereocenters. The third-order valence-electron chi connectivity index (χ3n) is 3.38. The summed E-state index contributed by atoms with van der Waals surface area (Å²) in [6.45, 7) is 3.88. The molecule has 0 aliphatic heterocycles. The van der Waals surface area contributed by atoms with Gasteiger partial charge in [-0.1, -0.05) is 29.9 Å². The van der Waals surface area contributed by atoms with Crippen LogP contribution in [0.25, 0.3) is 11.6 Å². The summed E-state index contributed by atoms with van der Waals surface area (Å²) in [5, 5.41) is 3.75. The van der Waals surface area contributed by atoms with Crippen LogP contribution in [0.1, 0.15) is 5.82 Å². The predicted molar refractivity (Wildman–Crippen MR) is 98.2 cm³/mol. The summed E-state index contributed by atoms with van der Waals surface area (Å²) in [5.74, 6) is 0.579. The van der Waals surface area contributed by atoms with Gasteiger partial charge in [-0.3, -0.25) is 0 Å². The fourth-order valence-electron chi connectivity index (χ4n) is 2.02. The van der Waals surface area contributed by atoms with E-state index in [9.17, 15) is 0 Å². The first-order valence-corrected chi connectivity index (χ1v) is 7.54. The number of rotatable bonds is 5. The summed E-state index contributed by atoms with van der Waals surface area (Å²) in [6, 6.07) is 9.59. The van der Waals surface area contributed by atoms with Crippen LogP contribution in [0, 0.1) is 0 Å². The minimum atomic E-state index is -0.0820. The molecule has 0 amide bonds. The number of aromatic amines is 1. The number of nitrogens with one attached hydrogen (secondary N) is 1. The van der Waals surface area contributed by atoms with Gasteiger partial charge < -0.3 is 25.9 Å². The molecule has 0 spiro atoms. The molecule has 10 nitrogen and oxygen atoms in total. The van der Waals surface area contributed by atoms with Gasteiger partial charge in [0.15, 0.2) is 5.84 Å². The lowest BCUT2D eigenvalue weighted by atomic mass is 10.3. The highest BCUT2D eigenvalue weighted by Crippen LogP contribution is 2.16. The molecule has 0 fully saturated rings. The lowest BCUT2D eigenvalue weighted by Gasteiger charge is -2.18. The van der Waals surface area contributed by atoms with Crippen molar-refractivity contribution in [1.29, 1.82) is 0 Å². The number of benzene rings is 1. The number of nitrogens with zero attached hydrogens (tertiary/aromatic N) is 6. The zero-order valence-electron chi connectivity index (χ0n) is 14.0. The first-order chi connectivity index (χ1) is 12.5. The molecule has 2 heterocycles. The average molecular weight is 351 g/mol. The van der Waals surface area contributed by atoms with Gasteiger partial charge in [0, 0.05) is 18.9 Å².